The molecule has 0 aliphatic heterocycles. The van der Waals surface area contributed by atoms with E-state index in [9.17, 15) is 8.42 Å². The van der Waals surface area contributed by atoms with E-state index in [1.54, 1.807) is 26.0 Å². The van der Waals surface area contributed by atoms with Crippen molar-refractivity contribution in [3.05, 3.63) is 29.8 Å². The van der Waals surface area contributed by atoms with Gasteiger partial charge in [0.05, 0.1) is 11.5 Å². The van der Waals surface area contributed by atoms with Gasteiger partial charge in [-0.05, 0) is 26.0 Å². The van der Waals surface area contributed by atoms with Crippen LogP contribution in [0.25, 0.3) is 0 Å². The van der Waals surface area contributed by atoms with Crippen LogP contribution in [0.4, 0.5) is 0 Å². The molecule has 0 amide bonds. The summed E-state index contributed by atoms with van der Waals surface area (Å²) in [6, 6.07) is 6.52. The summed E-state index contributed by atoms with van der Waals surface area (Å²) in [5.41, 5.74) is 0.998. The number of benzene rings is 1. The predicted molar refractivity (Wildman–Crippen MR) is 66.2 cm³/mol. The van der Waals surface area contributed by atoms with Crippen LogP contribution in [0.5, 0.6) is 0 Å². The van der Waals surface area contributed by atoms with Crippen LogP contribution in [0.3, 0.4) is 0 Å². The average Bonchev–Trinajstić information content (AvgIpc) is 2.28. The summed E-state index contributed by atoms with van der Waals surface area (Å²) in [6.45, 7) is 5.72. The molecule has 17 heavy (non-hydrogen) atoms. The maximum absolute atomic E-state index is 11.8. The first-order chi connectivity index (χ1) is 7.95. The summed E-state index contributed by atoms with van der Waals surface area (Å²) in [5.74, 6) is 0.281. The number of nitrogens with zero attached hydrogens (tertiary/aromatic N) is 1. The standard InChI is InChI=1S/C11H16N2O3S/c1-4-16-10(3)12-13-17(14,15)11-7-5-9(2)6-8-11/h5-8,13H,4H2,1-3H3. The fraction of sp³-hybridized carbons (Fsp3) is 0.364. The Balaban J connectivity index is 2.82. The summed E-state index contributed by atoms with van der Waals surface area (Å²) in [6.07, 6.45) is 0. The molecule has 6 heteroatoms. The number of ether oxygens (including phenoxy) is 1. The Kier molecular flexibility index (Phi) is 4.51. The first-order valence-corrected chi connectivity index (χ1v) is 6.69. The lowest BCUT2D eigenvalue weighted by molar-refractivity contribution is 0.322. The molecule has 1 aromatic rings. The third-order valence-electron chi connectivity index (χ3n) is 2.01. The summed E-state index contributed by atoms with van der Waals surface area (Å²) in [4.78, 5) is 2.29. The van der Waals surface area contributed by atoms with E-state index >= 15 is 0 Å². The van der Waals surface area contributed by atoms with Gasteiger partial charge in [-0.25, -0.2) is 0 Å². The van der Waals surface area contributed by atoms with Crippen LogP contribution in [0.1, 0.15) is 19.4 Å². The molecule has 0 saturated carbocycles. The van der Waals surface area contributed by atoms with Crippen molar-refractivity contribution < 1.29 is 13.2 Å². The molecule has 0 bridgehead atoms. The highest BCUT2D eigenvalue weighted by molar-refractivity contribution is 7.89. The van der Waals surface area contributed by atoms with Crippen LogP contribution in [-0.2, 0) is 14.8 Å². The zero-order valence-corrected chi connectivity index (χ0v) is 10.9. The SMILES string of the molecule is CCOC(C)=NNS(=O)(=O)c1ccc(C)cc1. The third kappa shape index (κ3) is 4.07. The van der Waals surface area contributed by atoms with Crippen molar-refractivity contribution in [2.24, 2.45) is 5.10 Å². The van der Waals surface area contributed by atoms with Crippen molar-refractivity contribution in [2.45, 2.75) is 25.7 Å². The Morgan fingerprint density at radius 2 is 1.94 bits per heavy atom. The fourth-order valence-corrected chi connectivity index (χ4v) is 1.98. The summed E-state index contributed by atoms with van der Waals surface area (Å²) in [5, 5.41) is 3.64. The molecule has 94 valence electrons. The molecule has 0 unspecified atom stereocenters. The van der Waals surface area contributed by atoms with Crippen molar-refractivity contribution in [3.8, 4) is 0 Å². The van der Waals surface area contributed by atoms with Crippen LogP contribution >= 0.6 is 0 Å². The molecule has 0 saturated heterocycles. The molecule has 0 fully saturated rings. The van der Waals surface area contributed by atoms with E-state index in [-0.39, 0.29) is 10.8 Å². The molecule has 1 rings (SSSR count). The van der Waals surface area contributed by atoms with E-state index in [2.05, 4.69) is 9.93 Å². The zero-order valence-electron chi connectivity index (χ0n) is 10.1. The molecule has 0 atom stereocenters. The van der Waals surface area contributed by atoms with Crippen LogP contribution in [-0.4, -0.2) is 20.9 Å². The fourth-order valence-electron chi connectivity index (χ4n) is 1.14. The van der Waals surface area contributed by atoms with E-state index in [4.69, 9.17) is 4.74 Å². The van der Waals surface area contributed by atoms with Crippen molar-refractivity contribution in [2.75, 3.05) is 6.61 Å². The van der Waals surface area contributed by atoms with Gasteiger partial charge in [-0.3, -0.25) is 0 Å². The lowest BCUT2D eigenvalue weighted by atomic mass is 10.2. The van der Waals surface area contributed by atoms with Crippen LogP contribution in [0, 0.1) is 6.92 Å². The molecule has 0 aromatic heterocycles. The van der Waals surface area contributed by atoms with Gasteiger partial charge >= 0.3 is 0 Å². The van der Waals surface area contributed by atoms with Gasteiger partial charge in [0.2, 0.25) is 5.90 Å². The second-order valence-corrected chi connectivity index (χ2v) is 5.13. The molecular formula is C11H16N2O3S. The number of nitrogens with one attached hydrogen (secondary N) is 1. The Morgan fingerprint density at radius 1 is 1.35 bits per heavy atom. The van der Waals surface area contributed by atoms with Crippen LogP contribution in [0.15, 0.2) is 34.3 Å². The van der Waals surface area contributed by atoms with E-state index in [0.29, 0.717) is 6.61 Å². The number of aryl methyl sites for hydroxylation is 1. The molecule has 0 radical (unpaired) electrons. The summed E-state index contributed by atoms with van der Waals surface area (Å²) >= 11 is 0. The highest BCUT2D eigenvalue weighted by Gasteiger charge is 2.12. The Hall–Kier alpha value is -1.56. The van der Waals surface area contributed by atoms with Crippen LogP contribution < -0.4 is 4.83 Å². The van der Waals surface area contributed by atoms with Crippen molar-refractivity contribution in [1.82, 2.24) is 4.83 Å². The smallest absolute Gasteiger partial charge is 0.276 e. The van der Waals surface area contributed by atoms with Crippen molar-refractivity contribution in [3.63, 3.8) is 0 Å². The summed E-state index contributed by atoms with van der Waals surface area (Å²) < 4.78 is 28.6. The Morgan fingerprint density at radius 3 is 2.47 bits per heavy atom. The topological polar surface area (TPSA) is 67.8 Å². The molecule has 0 heterocycles. The average molecular weight is 256 g/mol. The second kappa shape index (κ2) is 5.67. The number of hydrogen-bond donors (Lipinski definition) is 1. The van der Waals surface area contributed by atoms with Gasteiger partial charge < -0.3 is 4.74 Å². The number of hydrogen-bond acceptors (Lipinski definition) is 4. The molecule has 1 N–H and O–H groups in total. The minimum Gasteiger partial charge on any atom is -0.480 e. The van der Waals surface area contributed by atoms with E-state index < -0.39 is 10.0 Å². The maximum Gasteiger partial charge on any atom is 0.276 e. The van der Waals surface area contributed by atoms with E-state index in [1.807, 2.05) is 6.92 Å². The van der Waals surface area contributed by atoms with Crippen LogP contribution in [0.2, 0.25) is 0 Å². The van der Waals surface area contributed by atoms with Gasteiger partial charge in [-0.15, -0.1) is 5.10 Å². The third-order valence-corrected chi connectivity index (χ3v) is 3.23. The molecular weight excluding hydrogens is 240 g/mol. The molecule has 0 spiro atoms. The normalized spacial score (nSPS) is 12.3. The molecule has 0 aliphatic rings. The number of hydrazone groups is 1. The van der Waals surface area contributed by atoms with Gasteiger partial charge in [0, 0.05) is 6.92 Å². The zero-order chi connectivity index (χ0) is 12.9. The number of rotatable bonds is 4. The lowest BCUT2D eigenvalue weighted by Crippen LogP contribution is -2.20. The first-order valence-electron chi connectivity index (χ1n) is 5.21. The predicted octanol–water partition coefficient (Wildman–Crippen LogP) is 1.64. The number of sulfonamides is 1. The van der Waals surface area contributed by atoms with Gasteiger partial charge in [-0.2, -0.15) is 13.2 Å². The van der Waals surface area contributed by atoms with E-state index in [0.717, 1.165) is 5.56 Å². The molecule has 5 nitrogen and oxygen atoms in total. The van der Waals surface area contributed by atoms with Crippen molar-refractivity contribution in [1.29, 1.82) is 0 Å². The molecule has 1 aromatic carbocycles. The first kappa shape index (κ1) is 13.5. The highest BCUT2D eigenvalue weighted by Crippen LogP contribution is 2.09. The largest absolute Gasteiger partial charge is 0.480 e. The van der Waals surface area contributed by atoms with Gasteiger partial charge in [0.1, 0.15) is 0 Å². The minimum atomic E-state index is -3.61. The lowest BCUT2D eigenvalue weighted by Gasteiger charge is -2.05. The van der Waals surface area contributed by atoms with Gasteiger partial charge in [0.15, 0.2) is 0 Å². The van der Waals surface area contributed by atoms with E-state index in [1.165, 1.54) is 12.1 Å². The summed E-state index contributed by atoms with van der Waals surface area (Å²) in [7, 11) is -3.61. The monoisotopic (exact) mass is 256 g/mol. The second-order valence-electron chi connectivity index (χ2n) is 3.47. The quantitative estimate of drug-likeness (QED) is 0.506. The Labute approximate surface area is 102 Å². The Bertz CT molecular complexity index is 492. The van der Waals surface area contributed by atoms with Gasteiger partial charge in [-0.1, -0.05) is 17.7 Å². The van der Waals surface area contributed by atoms with Gasteiger partial charge in [0.25, 0.3) is 10.0 Å². The highest BCUT2D eigenvalue weighted by atomic mass is 32.2. The maximum atomic E-state index is 11.8. The van der Waals surface area contributed by atoms with Crippen molar-refractivity contribution >= 4 is 15.9 Å². The molecule has 0 aliphatic carbocycles. The minimum absolute atomic E-state index is 0.177.